The summed E-state index contributed by atoms with van der Waals surface area (Å²) in [6.45, 7) is 5.80. The second kappa shape index (κ2) is 4.51. The highest BCUT2D eigenvalue weighted by Crippen LogP contribution is 2.07. The molecule has 2 N–H and O–H groups in total. The minimum Gasteiger partial charge on any atom is -0.314 e. The number of piperazine rings is 1. The number of fused-ring (bicyclic) bond motifs is 1. The van der Waals surface area contributed by atoms with Gasteiger partial charge in [-0.05, 0) is 6.92 Å². The zero-order valence-corrected chi connectivity index (χ0v) is 10.3. The molecule has 0 amide bonds. The number of nitrogens with zero attached hydrogens (tertiary/aromatic N) is 4. The molecule has 7 heteroatoms. The van der Waals surface area contributed by atoms with Gasteiger partial charge in [0, 0.05) is 38.3 Å². The first-order valence-corrected chi connectivity index (χ1v) is 6.11. The summed E-state index contributed by atoms with van der Waals surface area (Å²) in [6.07, 6.45) is 1.47. The van der Waals surface area contributed by atoms with Gasteiger partial charge in [0.05, 0.1) is 5.69 Å². The third-order valence-corrected chi connectivity index (χ3v) is 3.32. The second-order valence-electron chi connectivity index (χ2n) is 4.63. The third kappa shape index (κ3) is 2.02. The lowest BCUT2D eigenvalue weighted by molar-refractivity contribution is 0.164. The summed E-state index contributed by atoms with van der Waals surface area (Å²) in [7, 11) is 0. The predicted octanol–water partition coefficient (Wildman–Crippen LogP) is -0.789. The molecule has 1 aliphatic rings. The van der Waals surface area contributed by atoms with Crippen molar-refractivity contribution in [3.63, 3.8) is 0 Å². The Kier molecular flexibility index (Phi) is 2.85. The zero-order chi connectivity index (χ0) is 12.5. The predicted molar refractivity (Wildman–Crippen MR) is 66.3 cm³/mol. The molecule has 1 fully saturated rings. The van der Waals surface area contributed by atoms with Gasteiger partial charge in [-0.1, -0.05) is 0 Å². The summed E-state index contributed by atoms with van der Waals surface area (Å²) in [5.41, 5.74) is 0.663. The van der Waals surface area contributed by atoms with Gasteiger partial charge in [-0.3, -0.25) is 14.8 Å². The highest BCUT2D eigenvalue weighted by atomic mass is 16.1. The van der Waals surface area contributed by atoms with Crippen LogP contribution in [0.1, 0.15) is 12.6 Å². The molecule has 0 unspecified atom stereocenters. The van der Waals surface area contributed by atoms with Crippen LogP contribution < -0.4 is 10.9 Å². The van der Waals surface area contributed by atoms with Crippen molar-refractivity contribution in [3.05, 3.63) is 28.4 Å². The average molecular weight is 248 g/mol. The number of hydrogen-bond donors (Lipinski definition) is 2. The first-order valence-electron chi connectivity index (χ1n) is 6.11. The van der Waals surface area contributed by atoms with E-state index in [4.69, 9.17) is 0 Å². The lowest BCUT2D eigenvalue weighted by atomic mass is 10.2. The lowest BCUT2D eigenvalue weighted by Gasteiger charge is -2.33. The van der Waals surface area contributed by atoms with Crippen molar-refractivity contribution in [2.75, 3.05) is 19.6 Å². The Morgan fingerprint density at radius 2 is 2.44 bits per heavy atom. The van der Waals surface area contributed by atoms with Crippen molar-refractivity contribution in [2.24, 2.45) is 0 Å². The molecular formula is C11H16N6O. The van der Waals surface area contributed by atoms with Crippen LogP contribution in [-0.2, 0) is 6.54 Å². The molecule has 0 bridgehead atoms. The number of rotatable bonds is 2. The Morgan fingerprint density at radius 1 is 1.56 bits per heavy atom. The maximum atomic E-state index is 11.8. The van der Waals surface area contributed by atoms with E-state index in [0.717, 1.165) is 25.3 Å². The van der Waals surface area contributed by atoms with Crippen LogP contribution in [0, 0.1) is 0 Å². The number of aromatic amines is 1. The number of aromatic nitrogens is 4. The van der Waals surface area contributed by atoms with E-state index in [-0.39, 0.29) is 5.56 Å². The molecule has 0 saturated carbocycles. The fourth-order valence-electron chi connectivity index (χ4n) is 2.28. The molecule has 1 saturated heterocycles. The summed E-state index contributed by atoms with van der Waals surface area (Å²) in [4.78, 5) is 22.5. The highest BCUT2D eigenvalue weighted by molar-refractivity contribution is 5.26. The Balaban J connectivity index is 1.87. The summed E-state index contributed by atoms with van der Waals surface area (Å²) >= 11 is 0. The van der Waals surface area contributed by atoms with Gasteiger partial charge in [0.1, 0.15) is 6.33 Å². The molecular weight excluding hydrogens is 232 g/mol. The average Bonchev–Trinajstić information content (AvgIpc) is 2.81. The highest BCUT2D eigenvalue weighted by Gasteiger charge is 2.18. The standard InChI is InChI=1S/C11H16N6O/c1-8-5-12-2-3-16(8)6-9-4-10(18)17-11(15-9)13-7-14-17/h4,7-8,12H,2-3,5-6H2,1H3,(H,13,14,15)/t8-/m1/s1. The van der Waals surface area contributed by atoms with Crippen molar-refractivity contribution < 1.29 is 0 Å². The topological polar surface area (TPSA) is 78.3 Å². The van der Waals surface area contributed by atoms with Crippen molar-refractivity contribution in [3.8, 4) is 0 Å². The van der Waals surface area contributed by atoms with Crippen LogP contribution in [0.25, 0.3) is 5.78 Å². The van der Waals surface area contributed by atoms with Gasteiger partial charge in [-0.2, -0.15) is 4.52 Å². The molecule has 3 heterocycles. The summed E-state index contributed by atoms with van der Waals surface area (Å²) in [6, 6.07) is 2.03. The Morgan fingerprint density at radius 3 is 3.28 bits per heavy atom. The maximum absolute atomic E-state index is 11.8. The lowest BCUT2D eigenvalue weighted by Crippen LogP contribution is -2.49. The van der Waals surface area contributed by atoms with Crippen LogP contribution in [0.15, 0.2) is 17.2 Å². The number of nitrogens with one attached hydrogen (secondary N) is 2. The molecule has 1 aliphatic heterocycles. The molecule has 0 aliphatic carbocycles. The minimum absolute atomic E-state index is 0.115. The van der Waals surface area contributed by atoms with Gasteiger partial charge in [0.15, 0.2) is 0 Å². The van der Waals surface area contributed by atoms with E-state index in [1.54, 1.807) is 6.07 Å². The first kappa shape index (κ1) is 11.4. The molecule has 96 valence electrons. The smallest absolute Gasteiger partial charge is 0.274 e. The Labute approximate surface area is 104 Å². The molecule has 2 aromatic heterocycles. The van der Waals surface area contributed by atoms with E-state index in [1.165, 1.54) is 10.8 Å². The molecule has 18 heavy (non-hydrogen) atoms. The molecule has 0 aromatic carbocycles. The Bertz CT molecular complexity index is 603. The maximum Gasteiger partial charge on any atom is 0.274 e. The van der Waals surface area contributed by atoms with Crippen LogP contribution in [0.3, 0.4) is 0 Å². The fourth-order valence-corrected chi connectivity index (χ4v) is 2.28. The van der Waals surface area contributed by atoms with Crippen molar-refractivity contribution in [1.29, 1.82) is 0 Å². The SMILES string of the molecule is C[C@@H]1CNCCN1Cc1cc(=O)n2[nH]cnc2n1. The van der Waals surface area contributed by atoms with E-state index in [1.807, 2.05) is 0 Å². The Hall–Kier alpha value is -1.73. The third-order valence-electron chi connectivity index (χ3n) is 3.32. The van der Waals surface area contributed by atoms with Gasteiger partial charge in [-0.25, -0.2) is 9.97 Å². The van der Waals surface area contributed by atoms with Gasteiger partial charge >= 0.3 is 0 Å². The molecule has 7 nitrogen and oxygen atoms in total. The van der Waals surface area contributed by atoms with E-state index < -0.39 is 0 Å². The largest absolute Gasteiger partial charge is 0.314 e. The van der Waals surface area contributed by atoms with Crippen molar-refractivity contribution in [2.45, 2.75) is 19.5 Å². The monoisotopic (exact) mass is 248 g/mol. The van der Waals surface area contributed by atoms with Crippen molar-refractivity contribution >= 4 is 5.78 Å². The van der Waals surface area contributed by atoms with Gasteiger partial charge in [-0.15, -0.1) is 0 Å². The van der Waals surface area contributed by atoms with Crippen LogP contribution in [0.2, 0.25) is 0 Å². The van der Waals surface area contributed by atoms with E-state index >= 15 is 0 Å². The normalized spacial score (nSPS) is 21.5. The minimum atomic E-state index is -0.115. The van der Waals surface area contributed by atoms with Crippen LogP contribution in [-0.4, -0.2) is 50.2 Å². The molecule has 2 aromatic rings. The van der Waals surface area contributed by atoms with Crippen LogP contribution >= 0.6 is 0 Å². The molecule has 0 radical (unpaired) electrons. The number of H-pyrrole nitrogens is 1. The van der Waals surface area contributed by atoms with E-state index in [0.29, 0.717) is 18.4 Å². The molecule has 0 spiro atoms. The molecule has 1 atom stereocenters. The van der Waals surface area contributed by atoms with Crippen molar-refractivity contribution in [1.82, 2.24) is 29.8 Å². The number of hydrogen-bond acceptors (Lipinski definition) is 5. The van der Waals surface area contributed by atoms with Crippen LogP contribution in [0.4, 0.5) is 0 Å². The van der Waals surface area contributed by atoms with E-state index in [9.17, 15) is 4.79 Å². The van der Waals surface area contributed by atoms with Gasteiger partial charge in [0.25, 0.3) is 11.3 Å². The summed E-state index contributed by atoms with van der Waals surface area (Å²) < 4.78 is 1.34. The summed E-state index contributed by atoms with van der Waals surface area (Å²) in [5, 5.41) is 6.08. The van der Waals surface area contributed by atoms with Crippen LogP contribution in [0.5, 0.6) is 0 Å². The second-order valence-corrected chi connectivity index (χ2v) is 4.63. The first-order chi connectivity index (χ1) is 8.74. The summed E-state index contributed by atoms with van der Waals surface area (Å²) in [5.74, 6) is 0.431. The zero-order valence-electron chi connectivity index (χ0n) is 10.3. The quantitative estimate of drug-likeness (QED) is 0.728. The van der Waals surface area contributed by atoms with Gasteiger partial charge in [0.2, 0.25) is 0 Å². The fraction of sp³-hybridized carbons (Fsp3) is 0.545. The van der Waals surface area contributed by atoms with Gasteiger partial charge < -0.3 is 5.32 Å². The van der Waals surface area contributed by atoms with E-state index in [2.05, 4.69) is 32.2 Å². The molecule has 3 rings (SSSR count).